The van der Waals surface area contributed by atoms with Gasteiger partial charge in [-0.3, -0.25) is 9.89 Å². The van der Waals surface area contributed by atoms with Crippen molar-refractivity contribution in [1.29, 1.82) is 0 Å². The number of aryl methyl sites for hydroxylation is 1. The van der Waals surface area contributed by atoms with Gasteiger partial charge in [0.1, 0.15) is 5.69 Å². The van der Waals surface area contributed by atoms with Crippen LogP contribution in [0.5, 0.6) is 0 Å². The van der Waals surface area contributed by atoms with E-state index < -0.39 is 0 Å². The monoisotopic (exact) mass is 269 g/mol. The molecule has 1 aromatic carbocycles. The quantitative estimate of drug-likeness (QED) is 0.911. The van der Waals surface area contributed by atoms with Crippen LogP contribution in [0.3, 0.4) is 0 Å². The first-order valence-corrected chi connectivity index (χ1v) is 7.10. The van der Waals surface area contributed by atoms with Gasteiger partial charge in [0.05, 0.1) is 0 Å². The number of benzene rings is 1. The molecular weight excluding hydrogens is 250 g/mol. The molecule has 1 fully saturated rings. The first kappa shape index (κ1) is 12.9. The Kier molecular flexibility index (Phi) is 3.54. The van der Waals surface area contributed by atoms with Gasteiger partial charge in [0.15, 0.2) is 0 Å². The van der Waals surface area contributed by atoms with Crippen molar-refractivity contribution >= 4 is 5.91 Å². The molecule has 2 heterocycles. The Hall–Kier alpha value is -2.10. The zero-order valence-corrected chi connectivity index (χ0v) is 11.7. The summed E-state index contributed by atoms with van der Waals surface area (Å²) < 4.78 is 0. The van der Waals surface area contributed by atoms with E-state index in [1.54, 1.807) is 0 Å². The summed E-state index contributed by atoms with van der Waals surface area (Å²) in [6, 6.07) is 12.3. The number of piperidine rings is 1. The van der Waals surface area contributed by atoms with E-state index in [0.29, 0.717) is 11.6 Å². The molecule has 1 saturated heterocycles. The molecule has 1 amide bonds. The van der Waals surface area contributed by atoms with Gasteiger partial charge in [-0.2, -0.15) is 5.10 Å². The number of nitrogens with one attached hydrogen (secondary N) is 1. The molecular formula is C16H19N3O. The minimum atomic E-state index is 0.0370. The van der Waals surface area contributed by atoms with E-state index in [9.17, 15) is 4.79 Å². The lowest BCUT2D eigenvalue weighted by molar-refractivity contribution is 0.0701. The highest BCUT2D eigenvalue weighted by Crippen LogP contribution is 2.27. The molecule has 1 N–H and O–H groups in total. The van der Waals surface area contributed by atoms with Gasteiger partial charge in [-0.15, -0.1) is 0 Å². The second-order valence-corrected chi connectivity index (χ2v) is 5.44. The molecule has 4 heteroatoms. The van der Waals surface area contributed by atoms with Crippen LogP contribution in [-0.2, 0) is 0 Å². The van der Waals surface area contributed by atoms with Crippen molar-refractivity contribution in [1.82, 2.24) is 15.1 Å². The van der Waals surface area contributed by atoms with Crippen molar-refractivity contribution in [3.8, 4) is 0 Å². The van der Waals surface area contributed by atoms with Crippen LogP contribution in [0.2, 0.25) is 0 Å². The molecule has 0 spiro atoms. The maximum Gasteiger partial charge on any atom is 0.274 e. The predicted octanol–water partition coefficient (Wildman–Crippen LogP) is 2.74. The van der Waals surface area contributed by atoms with Crippen LogP contribution >= 0.6 is 0 Å². The number of rotatable bonds is 2. The number of hydrogen-bond donors (Lipinski definition) is 1. The standard InChI is InChI=1S/C16H19N3O/c1-12-10-15(18-17-12)16(20)19-9-5-8-14(11-19)13-6-3-2-4-7-13/h2-4,6-7,10,14H,5,8-9,11H2,1H3,(H,17,18)/t14-/m1/s1. The van der Waals surface area contributed by atoms with Crippen molar-refractivity contribution in [3.05, 3.63) is 53.3 Å². The van der Waals surface area contributed by atoms with Gasteiger partial charge < -0.3 is 4.90 Å². The summed E-state index contributed by atoms with van der Waals surface area (Å²) in [6.07, 6.45) is 2.20. The van der Waals surface area contributed by atoms with Gasteiger partial charge in [-0.25, -0.2) is 0 Å². The molecule has 1 atom stereocenters. The molecule has 0 aliphatic carbocycles. The van der Waals surface area contributed by atoms with Crippen LogP contribution < -0.4 is 0 Å². The van der Waals surface area contributed by atoms with Crippen molar-refractivity contribution < 1.29 is 4.79 Å². The summed E-state index contributed by atoms with van der Waals surface area (Å²) in [5.41, 5.74) is 2.77. The zero-order valence-electron chi connectivity index (χ0n) is 11.7. The molecule has 0 saturated carbocycles. The summed E-state index contributed by atoms with van der Waals surface area (Å²) in [6.45, 7) is 3.52. The van der Waals surface area contributed by atoms with E-state index in [0.717, 1.165) is 31.6 Å². The smallest absolute Gasteiger partial charge is 0.274 e. The Morgan fingerprint density at radius 1 is 1.35 bits per heavy atom. The van der Waals surface area contributed by atoms with E-state index in [-0.39, 0.29) is 5.91 Å². The van der Waals surface area contributed by atoms with Crippen molar-refractivity contribution in [2.24, 2.45) is 0 Å². The second kappa shape index (κ2) is 5.49. The van der Waals surface area contributed by atoms with Crippen LogP contribution in [0.25, 0.3) is 0 Å². The summed E-state index contributed by atoms with van der Waals surface area (Å²) >= 11 is 0. The fourth-order valence-corrected chi connectivity index (χ4v) is 2.85. The molecule has 2 aromatic rings. The number of aromatic nitrogens is 2. The second-order valence-electron chi connectivity index (χ2n) is 5.44. The largest absolute Gasteiger partial charge is 0.337 e. The van der Waals surface area contributed by atoms with Gasteiger partial charge in [0.25, 0.3) is 5.91 Å². The number of hydrogen-bond acceptors (Lipinski definition) is 2. The molecule has 1 aliphatic rings. The Bertz CT molecular complexity index is 591. The number of carbonyl (C=O) groups excluding carboxylic acids is 1. The lowest BCUT2D eigenvalue weighted by Gasteiger charge is -2.32. The molecule has 104 valence electrons. The van der Waals surface area contributed by atoms with Crippen LogP contribution in [0, 0.1) is 6.92 Å². The molecule has 20 heavy (non-hydrogen) atoms. The molecule has 0 radical (unpaired) electrons. The highest BCUT2D eigenvalue weighted by molar-refractivity contribution is 5.92. The number of nitrogens with zero attached hydrogens (tertiary/aromatic N) is 2. The van der Waals surface area contributed by atoms with E-state index in [2.05, 4.69) is 34.5 Å². The third-order valence-electron chi connectivity index (χ3n) is 3.90. The van der Waals surface area contributed by atoms with Gasteiger partial charge in [0, 0.05) is 24.7 Å². The minimum Gasteiger partial charge on any atom is -0.337 e. The van der Waals surface area contributed by atoms with Crippen molar-refractivity contribution in [2.45, 2.75) is 25.7 Å². The Balaban J connectivity index is 1.74. The third-order valence-corrected chi connectivity index (χ3v) is 3.90. The van der Waals surface area contributed by atoms with Gasteiger partial charge >= 0.3 is 0 Å². The first-order valence-electron chi connectivity index (χ1n) is 7.10. The lowest BCUT2D eigenvalue weighted by Crippen LogP contribution is -2.39. The Morgan fingerprint density at radius 2 is 2.15 bits per heavy atom. The number of likely N-dealkylation sites (tertiary alicyclic amines) is 1. The number of amides is 1. The fraction of sp³-hybridized carbons (Fsp3) is 0.375. The predicted molar refractivity (Wildman–Crippen MR) is 77.6 cm³/mol. The zero-order chi connectivity index (χ0) is 13.9. The Morgan fingerprint density at radius 3 is 2.85 bits per heavy atom. The Labute approximate surface area is 118 Å². The average Bonchev–Trinajstić information content (AvgIpc) is 2.94. The van der Waals surface area contributed by atoms with Crippen LogP contribution in [-0.4, -0.2) is 34.1 Å². The van der Waals surface area contributed by atoms with E-state index >= 15 is 0 Å². The van der Waals surface area contributed by atoms with Gasteiger partial charge in [-0.1, -0.05) is 30.3 Å². The van der Waals surface area contributed by atoms with E-state index in [1.165, 1.54) is 5.56 Å². The fourth-order valence-electron chi connectivity index (χ4n) is 2.85. The topological polar surface area (TPSA) is 49.0 Å². The summed E-state index contributed by atoms with van der Waals surface area (Å²) in [5.74, 6) is 0.476. The van der Waals surface area contributed by atoms with Crippen LogP contribution in [0.4, 0.5) is 0 Å². The molecule has 3 rings (SSSR count). The number of carbonyl (C=O) groups is 1. The third kappa shape index (κ3) is 2.59. The van der Waals surface area contributed by atoms with Crippen LogP contribution in [0.1, 0.15) is 40.5 Å². The molecule has 0 unspecified atom stereocenters. The number of aromatic amines is 1. The minimum absolute atomic E-state index is 0.0370. The highest BCUT2D eigenvalue weighted by atomic mass is 16.2. The lowest BCUT2D eigenvalue weighted by atomic mass is 9.90. The highest BCUT2D eigenvalue weighted by Gasteiger charge is 2.26. The number of H-pyrrole nitrogens is 1. The summed E-state index contributed by atoms with van der Waals surface area (Å²) in [5, 5.41) is 6.91. The molecule has 4 nitrogen and oxygen atoms in total. The normalized spacial score (nSPS) is 19.1. The van der Waals surface area contributed by atoms with E-state index in [4.69, 9.17) is 0 Å². The van der Waals surface area contributed by atoms with Crippen molar-refractivity contribution in [2.75, 3.05) is 13.1 Å². The maximum absolute atomic E-state index is 12.4. The molecule has 1 aliphatic heterocycles. The summed E-state index contributed by atoms with van der Waals surface area (Å²) in [7, 11) is 0. The van der Waals surface area contributed by atoms with Crippen LogP contribution in [0.15, 0.2) is 36.4 Å². The summed E-state index contributed by atoms with van der Waals surface area (Å²) in [4.78, 5) is 14.4. The SMILES string of the molecule is Cc1cc(C(=O)N2CCC[C@@H](c3ccccc3)C2)n[nH]1. The van der Waals surface area contributed by atoms with E-state index in [1.807, 2.05) is 24.0 Å². The maximum atomic E-state index is 12.4. The van der Waals surface area contributed by atoms with Crippen molar-refractivity contribution in [3.63, 3.8) is 0 Å². The molecule has 1 aromatic heterocycles. The van der Waals surface area contributed by atoms with Gasteiger partial charge in [-0.05, 0) is 31.4 Å². The average molecular weight is 269 g/mol. The first-order chi connectivity index (χ1) is 9.74. The van der Waals surface area contributed by atoms with Gasteiger partial charge in [0.2, 0.25) is 0 Å². The molecule has 0 bridgehead atoms.